The largest absolute Gasteiger partial charge is 0.458 e. The summed E-state index contributed by atoms with van der Waals surface area (Å²) in [5.74, 6) is -3.09. The zero-order valence-corrected chi connectivity index (χ0v) is 30.9. The number of hydrogen-bond acceptors (Lipinski definition) is 12. The number of likely N-dealkylation sites (N-methyl/N-ethyl adjacent to an activating group) is 1. The summed E-state index contributed by atoms with van der Waals surface area (Å²) in [4.78, 5) is 48.2. The first-order valence-electron chi connectivity index (χ1n) is 17.5. The molecule has 48 heavy (non-hydrogen) atoms. The molecule has 0 spiro atoms. The number of aliphatic hydroxyl groups excluding tert-OH is 1. The van der Waals surface area contributed by atoms with E-state index in [0.29, 0.717) is 32.4 Å². The number of esters is 2. The van der Waals surface area contributed by atoms with Gasteiger partial charge in [0.2, 0.25) is 0 Å². The van der Waals surface area contributed by atoms with Crippen LogP contribution in [0, 0.1) is 23.7 Å². The first-order chi connectivity index (χ1) is 22.4. The highest BCUT2D eigenvalue weighted by atomic mass is 16.7. The number of methoxy groups -OCH3 is 1. The minimum absolute atomic E-state index is 0.145. The molecule has 274 valence electrons. The molecule has 14 atom stereocenters. The molecule has 13 nitrogen and oxygen atoms in total. The van der Waals surface area contributed by atoms with Crippen molar-refractivity contribution in [1.29, 1.82) is 0 Å². The molecule has 0 aliphatic carbocycles. The molecule has 0 saturated carbocycles. The lowest BCUT2D eigenvalue weighted by Gasteiger charge is -2.49. The maximum Gasteiger partial charge on any atom is 0.410 e. The number of amides is 1. The third-order valence-corrected chi connectivity index (χ3v) is 11.3. The molecule has 1 N–H and O–H groups in total. The van der Waals surface area contributed by atoms with Crippen molar-refractivity contribution in [3.63, 3.8) is 0 Å². The van der Waals surface area contributed by atoms with Gasteiger partial charge in [-0.25, -0.2) is 4.79 Å². The van der Waals surface area contributed by atoms with E-state index in [0.717, 1.165) is 5.71 Å². The van der Waals surface area contributed by atoms with Crippen LogP contribution in [-0.2, 0) is 38.0 Å². The molecule has 4 aliphatic heterocycles. The molecule has 0 unspecified atom stereocenters. The predicted octanol–water partition coefficient (Wildman–Crippen LogP) is 3.44. The zero-order chi connectivity index (χ0) is 35.9. The first-order valence-corrected chi connectivity index (χ1v) is 17.5. The number of hydrogen-bond donors (Lipinski definition) is 1. The Kier molecular flexibility index (Phi) is 11.9. The van der Waals surface area contributed by atoms with E-state index in [-0.39, 0.29) is 24.0 Å². The van der Waals surface area contributed by atoms with Gasteiger partial charge in [0.15, 0.2) is 18.0 Å². The van der Waals surface area contributed by atoms with Gasteiger partial charge in [-0.05, 0) is 67.0 Å². The molecule has 0 radical (unpaired) electrons. The lowest BCUT2D eigenvalue weighted by Crippen LogP contribution is -2.61. The average molecular weight is 682 g/mol. The van der Waals surface area contributed by atoms with Crippen molar-refractivity contribution in [2.45, 2.75) is 142 Å². The number of nitrogens with zero attached hydrogens (tertiary/aromatic N) is 3. The molecular weight excluding hydrogens is 622 g/mol. The number of carbonyl (C=O) groups is 3. The monoisotopic (exact) mass is 681 g/mol. The van der Waals surface area contributed by atoms with E-state index in [1.807, 2.05) is 53.6 Å². The summed E-state index contributed by atoms with van der Waals surface area (Å²) in [6.45, 7) is 17.3. The molecule has 0 aromatic rings. The maximum atomic E-state index is 13.8. The van der Waals surface area contributed by atoms with E-state index in [2.05, 4.69) is 13.8 Å². The number of rotatable bonds is 6. The highest BCUT2D eigenvalue weighted by Crippen LogP contribution is 2.44. The van der Waals surface area contributed by atoms with Gasteiger partial charge in [0.25, 0.3) is 0 Å². The molecule has 1 amide bonds. The molecule has 3 saturated heterocycles. The molecule has 4 aliphatic rings. The summed E-state index contributed by atoms with van der Waals surface area (Å²) >= 11 is 0. The summed E-state index contributed by atoms with van der Waals surface area (Å²) < 4.78 is 37.6. The van der Waals surface area contributed by atoms with Gasteiger partial charge in [0.1, 0.15) is 6.10 Å². The number of cyclic esters (lactones) is 1. The summed E-state index contributed by atoms with van der Waals surface area (Å²) in [6, 6.07) is -0.622. The van der Waals surface area contributed by atoms with Crippen LogP contribution in [0.4, 0.5) is 4.79 Å². The number of aliphatic hydroxyl groups is 1. The van der Waals surface area contributed by atoms with Crippen LogP contribution >= 0.6 is 0 Å². The highest BCUT2D eigenvalue weighted by molar-refractivity contribution is 5.91. The van der Waals surface area contributed by atoms with E-state index < -0.39 is 77.8 Å². The van der Waals surface area contributed by atoms with Gasteiger partial charge in [0.05, 0.1) is 48.5 Å². The lowest BCUT2D eigenvalue weighted by atomic mass is 9.73. The fourth-order valence-corrected chi connectivity index (χ4v) is 8.76. The first kappa shape index (κ1) is 38.5. The van der Waals surface area contributed by atoms with Crippen LogP contribution in [0.3, 0.4) is 0 Å². The highest BCUT2D eigenvalue weighted by Gasteiger charge is 2.60. The summed E-state index contributed by atoms with van der Waals surface area (Å²) in [5, 5.41) is 11.9. The number of aliphatic imine (C=N–C) groups is 1. The van der Waals surface area contributed by atoms with E-state index in [9.17, 15) is 19.5 Å². The molecule has 4 heterocycles. The quantitative estimate of drug-likeness (QED) is 0.325. The van der Waals surface area contributed by atoms with Crippen LogP contribution < -0.4 is 0 Å². The van der Waals surface area contributed by atoms with E-state index in [4.69, 9.17) is 33.4 Å². The molecular formula is C35H59N3O10. The fraction of sp³-hybridized carbons (Fsp3) is 0.886. The van der Waals surface area contributed by atoms with Gasteiger partial charge < -0.3 is 38.4 Å². The predicted molar refractivity (Wildman–Crippen MR) is 177 cm³/mol. The topological polar surface area (TPSA) is 146 Å². The smallest absolute Gasteiger partial charge is 0.410 e. The van der Waals surface area contributed by atoms with Crippen molar-refractivity contribution in [3.8, 4) is 0 Å². The van der Waals surface area contributed by atoms with Crippen LogP contribution in [0.15, 0.2) is 4.99 Å². The number of carbonyl (C=O) groups excluding carboxylic acids is 3. The Labute approximate surface area is 285 Å². The van der Waals surface area contributed by atoms with Crippen molar-refractivity contribution in [3.05, 3.63) is 0 Å². The summed E-state index contributed by atoms with van der Waals surface area (Å²) in [7, 11) is 5.45. The van der Waals surface area contributed by atoms with Crippen molar-refractivity contribution in [2.24, 2.45) is 28.7 Å². The van der Waals surface area contributed by atoms with Crippen molar-refractivity contribution in [2.75, 3.05) is 34.3 Å². The van der Waals surface area contributed by atoms with Gasteiger partial charge >= 0.3 is 18.0 Å². The SMILES string of the molecule is CC[C@H]1OC(=O)[C@H](C)[C@@H](O)[C@H](C)[C@@H](O[C@@H]2O[C@H](C)C[C@H](N(C)C)[C@H]2OC(C)=O)[C@](C)(OC)C[C@@H](C)C2=NCCN3C(=O)O[C@@]1(C)[C@H]3[C@H]2C. The van der Waals surface area contributed by atoms with Crippen LogP contribution in [0.2, 0.25) is 0 Å². The maximum absolute atomic E-state index is 13.8. The van der Waals surface area contributed by atoms with E-state index in [1.165, 1.54) is 6.92 Å². The normalized spacial score (nSPS) is 44.3. The Morgan fingerprint density at radius 2 is 1.79 bits per heavy atom. The van der Waals surface area contributed by atoms with Gasteiger partial charge in [-0.1, -0.05) is 27.7 Å². The van der Waals surface area contributed by atoms with Crippen LogP contribution in [0.25, 0.3) is 0 Å². The Morgan fingerprint density at radius 1 is 1.12 bits per heavy atom. The second kappa shape index (κ2) is 14.9. The minimum atomic E-state index is -1.22. The molecule has 4 rings (SSSR count). The summed E-state index contributed by atoms with van der Waals surface area (Å²) in [5.41, 5.74) is -1.27. The van der Waals surface area contributed by atoms with Gasteiger partial charge in [0, 0.05) is 38.1 Å². The zero-order valence-electron chi connectivity index (χ0n) is 30.9. The number of fused-ring (bicyclic) bond motifs is 1. The van der Waals surface area contributed by atoms with Crippen molar-refractivity contribution < 1.29 is 47.9 Å². The van der Waals surface area contributed by atoms with Gasteiger partial charge in [-0.2, -0.15) is 0 Å². The van der Waals surface area contributed by atoms with E-state index >= 15 is 0 Å². The summed E-state index contributed by atoms with van der Waals surface area (Å²) in [6.07, 6.45) is -3.76. The Bertz CT molecular complexity index is 1210. The van der Waals surface area contributed by atoms with Gasteiger partial charge in [-0.15, -0.1) is 0 Å². The van der Waals surface area contributed by atoms with Crippen molar-refractivity contribution >= 4 is 23.7 Å². The van der Waals surface area contributed by atoms with Gasteiger partial charge in [-0.3, -0.25) is 19.5 Å². The third kappa shape index (κ3) is 7.26. The third-order valence-electron chi connectivity index (χ3n) is 11.3. The minimum Gasteiger partial charge on any atom is -0.458 e. The van der Waals surface area contributed by atoms with Crippen molar-refractivity contribution in [1.82, 2.24) is 9.80 Å². The Morgan fingerprint density at radius 3 is 2.38 bits per heavy atom. The van der Waals surface area contributed by atoms with E-state index in [1.54, 1.807) is 18.9 Å². The Hall–Kier alpha value is -2.32. The second-order valence-electron chi connectivity index (χ2n) is 15.1. The van der Waals surface area contributed by atoms with Crippen LogP contribution in [-0.4, -0.2) is 133 Å². The molecule has 2 bridgehead atoms. The second-order valence-corrected chi connectivity index (χ2v) is 15.1. The molecule has 0 aromatic carbocycles. The average Bonchev–Trinajstić information content (AvgIpc) is 3.14. The lowest BCUT2D eigenvalue weighted by molar-refractivity contribution is -0.303. The molecule has 13 heteroatoms. The van der Waals surface area contributed by atoms with Crippen LogP contribution in [0.5, 0.6) is 0 Å². The standard InChI is InChI=1S/C35H59N3O10/c1-13-25-35(9)29-20(4)26(36-14-15-38(29)33(42)48-35)18(2)17-34(8,43-12)30(21(5)27(40)22(6)31(41)46-25)47-32-28(45-23(7)39)24(37(10)11)16-19(3)44-32/h18-22,24-25,27-30,32,40H,13-17H2,1-12H3/t18-,19-,20+,21+,22-,24+,25-,27+,28-,29-,30-,32+,34-,35-/m1/s1. The number of ether oxygens (including phenoxy) is 6. The van der Waals surface area contributed by atoms with Crippen LogP contribution in [0.1, 0.15) is 81.6 Å². The Balaban J connectivity index is 1.82. The molecule has 0 aromatic heterocycles. The molecule has 3 fully saturated rings. The fourth-order valence-electron chi connectivity index (χ4n) is 8.76.